The number of nitrogens with zero attached hydrogens (tertiary/aromatic N) is 5. The van der Waals surface area contributed by atoms with Crippen LogP contribution in [0.25, 0.3) is 5.82 Å². The molecule has 1 atom stereocenters. The number of aryl methyl sites for hydroxylation is 1. The first-order valence-electron chi connectivity index (χ1n) is 9.12. The Morgan fingerprint density at radius 2 is 2.00 bits per heavy atom. The maximum absolute atomic E-state index is 13.2. The van der Waals surface area contributed by atoms with Crippen LogP contribution in [0, 0.1) is 5.82 Å². The highest BCUT2D eigenvalue weighted by Gasteiger charge is 2.37. The van der Waals surface area contributed by atoms with Gasteiger partial charge in [-0.1, -0.05) is 6.92 Å². The minimum absolute atomic E-state index is 0.0767. The van der Waals surface area contributed by atoms with E-state index in [0.29, 0.717) is 24.5 Å². The highest BCUT2D eigenvalue weighted by Crippen LogP contribution is 2.35. The molecule has 1 aromatic carbocycles. The number of imidazole rings is 1. The molecule has 0 N–H and O–H groups in total. The first-order chi connectivity index (χ1) is 13.5. The Hall–Kier alpha value is -2.65. The molecule has 7 nitrogen and oxygen atoms in total. The van der Waals surface area contributed by atoms with Gasteiger partial charge in [-0.05, 0) is 37.1 Å². The summed E-state index contributed by atoms with van der Waals surface area (Å²) < 4.78 is 42.7. The second kappa shape index (κ2) is 7.40. The van der Waals surface area contributed by atoms with Gasteiger partial charge in [-0.15, -0.1) is 0 Å². The first-order valence-corrected chi connectivity index (χ1v) is 10.6. The Morgan fingerprint density at radius 3 is 2.75 bits per heavy atom. The molecular weight excluding hydrogens is 381 g/mol. The van der Waals surface area contributed by atoms with E-state index in [2.05, 4.69) is 15.0 Å². The molecule has 0 spiro atoms. The van der Waals surface area contributed by atoms with Crippen molar-refractivity contribution >= 4 is 10.0 Å². The predicted molar refractivity (Wildman–Crippen MR) is 101 cm³/mol. The monoisotopic (exact) mass is 401 g/mol. The minimum Gasteiger partial charge on any atom is -0.287 e. The minimum atomic E-state index is -3.75. The van der Waals surface area contributed by atoms with Crippen molar-refractivity contribution in [2.75, 3.05) is 6.54 Å². The van der Waals surface area contributed by atoms with Crippen LogP contribution in [0.15, 0.2) is 53.9 Å². The van der Waals surface area contributed by atoms with E-state index in [1.165, 1.54) is 16.4 Å². The zero-order chi connectivity index (χ0) is 19.7. The van der Waals surface area contributed by atoms with E-state index in [0.717, 1.165) is 30.8 Å². The van der Waals surface area contributed by atoms with Gasteiger partial charge in [0.2, 0.25) is 10.0 Å². The quantitative estimate of drug-likeness (QED) is 0.657. The molecule has 4 rings (SSSR count). The van der Waals surface area contributed by atoms with Crippen LogP contribution in [0.2, 0.25) is 0 Å². The maximum Gasteiger partial charge on any atom is 0.243 e. The second-order valence-electron chi connectivity index (χ2n) is 6.60. The third-order valence-corrected chi connectivity index (χ3v) is 6.81. The van der Waals surface area contributed by atoms with Crippen LogP contribution in [0.5, 0.6) is 0 Å². The molecular formula is C19H20FN5O2S. The summed E-state index contributed by atoms with van der Waals surface area (Å²) in [6.07, 6.45) is 8.88. The van der Waals surface area contributed by atoms with Gasteiger partial charge in [0, 0.05) is 25.4 Å². The molecule has 3 aromatic rings. The van der Waals surface area contributed by atoms with Gasteiger partial charge < -0.3 is 0 Å². The molecule has 0 amide bonds. The molecule has 9 heteroatoms. The summed E-state index contributed by atoms with van der Waals surface area (Å²) >= 11 is 0. The van der Waals surface area contributed by atoms with E-state index in [1.807, 2.05) is 17.7 Å². The van der Waals surface area contributed by atoms with Crippen molar-refractivity contribution in [2.45, 2.75) is 37.1 Å². The van der Waals surface area contributed by atoms with Crippen LogP contribution in [0.1, 0.15) is 37.3 Å². The normalized spacial score (nSPS) is 17.9. The number of sulfonamides is 1. The summed E-state index contributed by atoms with van der Waals surface area (Å²) in [6, 6.07) is 4.49. The topological polar surface area (TPSA) is 81.0 Å². The van der Waals surface area contributed by atoms with Gasteiger partial charge in [-0.25, -0.2) is 22.8 Å². The highest BCUT2D eigenvalue weighted by atomic mass is 32.2. The number of hydrogen-bond donors (Lipinski definition) is 0. The fraction of sp³-hybridized carbons (Fsp3) is 0.316. The zero-order valence-corrected chi connectivity index (χ0v) is 16.2. The molecule has 3 heterocycles. The van der Waals surface area contributed by atoms with E-state index < -0.39 is 21.9 Å². The number of aromatic nitrogens is 4. The highest BCUT2D eigenvalue weighted by molar-refractivity contribution is 7.89. The van der Waals surface area contributed by atoms with Crippen LogP contribution < -0.4 is 0 Å². The van der Waals surface area contributed by atoms with Crippen LogP contribution in [0.4, 0.5) is 4.39 Å². The molecule has 0 radical (unpaired) electrons. The van der Waals surface area contributed by atoms with Crippen LogP contribution >= 0.6 is 0 Å². The molecule has 2 aromatic heterocycles. The summed E-state index contributed by atoms with van der Waals surface area (Å²) in [6.45, 7) is 2.39. The van der Waals surface area contributed by atoms with Crippen molar-refractivity contribution in [3.63, 3.8) is 0 Å². The lowest BCUT2D eigenvalue weighted by Gasteiger charge is -2.24. The van der Waals surface area contributed by atoms with Gasteiger partial charge in [-0.2, -0.15) is 4.31 Å². The lowest BCUT2D eigenvalue weighted by atomic mass is 10.2. The molecule has 0 bridgehead atoms. The fourth-order valence-electron chi connectivity index (χ4n) is 3.52. The fourth-order valence-corrected chi connectivity index (χ4v) is 5.19. The lowest BCUT2D eigenvalue weighted by molar-refractivity contribution is 0.389. The van der Waals surface area contributed by atoms with Crippen molar-refractivity contribution in [3.8, 4) is 5.82 Å². The summed E-state index contributed by atoms with van der Waals surface area (Å²) in [5.41, 5.74) is 0.594. The Kier molecular flexibility index (Phi) is 4.94. The number of rotatable bonds is 5. The van der Waals surface area contributed by atoms with Crippen LogP contribution in [-0.4, -0.2) is 38.8 Å². The SMILES string of the molecule is CCc1nccn1-c1cncc([C@@H]2CCCN2S(=O)(=O)c2ccc(F)cc2)n1. The molecule has 0 saturated carbocycles. The third-order valence-electron chi connectivity index (χ3n) is 4.89. The standard InChI is InChI=1S/C19H20FN5O2S/c1-2-18-22-9-11-24(18)19-13-21-12-16(23-19)17-4-3-10-25(17)28(26,27)15-7-5-14(20)6-8-15/h5-9,11-13,17H,2-4,10H2,1H3/t17-/m0/s1. The largest absolute Gasteiger partial charge is 0.287 e. The van der Waals surface area contributed by atoms with Crippen molar-refractivity contribution in [3.05, 3.63) is 66.4 Å². The Morgan fingerprint density at radius 1 is 1.21 bits per heavy atom. The smallest absolute Gasteiger partial charge is 0.243 e. The van der Waals surface area contributed by atoms with Gasteiger partial charge >= 0.3 is 0 Å². The van der Waals surface area contributed by atoms with E-state index in [9.17, 15) is 12.8 Å². The summed E-state index contributed by atoms with van der Waals surface area (Å²) in [5, 5.41) is 0. The summed E-state index contributed by atoms with van der Waals surface area (Å²) in [5.74, 6) is 0.995. The summed E-state index contributed by atoms with van der Waals surface area (Å²) in [4.78, 5) is 13.3. The molecule has 146 valence electrons. The van der Waals surface area contributed by atoms with Crippen LogP contribution in [0.3, 0.4) is 0 Å². The molecule has 0 aliphatic carbocycles. The van der Waals surface area contributed by atoms with Gasteiger partial charge in [-0.3, -0.25) is 9.55 Å². The molecule has 0 unspecified atom stereocenters. The molecule has 1 aliphatic heterocycles. The summed E-state index contributed by atoms with van der Waals surface area (Å²) in [7, 11) is -3.75. The van der Waals surface area contributed by atoms with Gasteiger partial charge in [0.15, 0.2) is 5.82 Å². The molecule has 1 fully saturated rings. The van der Waals surface area contributed by atoms with Crippen molar-refractivity contribution < 1.29 is 12.8 Å². The van der Waals surface area contributed by atoms with Crippen LogP contribution in [-0.2, 0) is 16.4 Å². The number of benzene rings is 1. The van der Waals surface area contributed by atoms with Gasteiger partial charge in [0.25, 0.3) is 0 Å². The van der Waals surface area contributed by atoms with Crippen molar-refractivity contribution in [2.24, 2.45) is 0 Å². The number of halogens is 1. The Bertz CT molecular complexity index is 1080. The van der Waals surface area contributed by atoms with E-state index in [4.69, 9.17) is 0 Å². The van der Waals surface area contributed by atoms with Crippen molar-refractivity contribution in [1.29, 1.82) is 0 Å². The average Bonchev–Trinajstić information content (AvgIpc) is 3.38. The maximum atomic E-state index is 13.2. The van der Waals surface area contributed by atoms with Crippen molar-refractivity contribution in [1.82, 2.24) is 23.8 Å². The van der Waals surface area contributed by atoms with E-state index >= 15 is 0 Å². The van der Waals surface area contributed by atoms with E-state index in [1.54, 1.807) is 18.6 Å². The Labute approximate surface area is 162 Å². The average molecular weight is 401 g/mol. The van der Waals surface area contributed by atoms with E-state index in [-0.39, 0.29) is 4.90 Å². The molecule has 1 aliphatic rings. The predicted octanol–water partition coefficient (Wildman–Crippen LogP) is 2.89. The molecule has 28 heavy (non-hydrogen) atoms. The van der Waals surface area contributed by atoms with Gasteiger partial charge in [0.1, 0.15) is 11.6 Å². The second-order valence-corrected chi connectivity index (χ2v) is 8.49. The zero-order valence-electron chi connectivity index (χ0n) is 15.4. The Balaban J connectivity index is 1.69. The number of hydrogen-bond acceptors (Lipinski definition) is 5. The third kappa shape index (κ3) is 3.31. The van der Waals surface area contributed by atoms with Gasteiger partial charge in [0.05, 0.1) is 29.0 Å². The lowest BCUT2D eigenvalue weighted by Crippen LogP contribution is -2.31. The molecule has 1 saturated heterocycles. The first kappa shape index (κ1) is 18.7.